The van der Waals surface area contributed by atoms with Crippen molar-refractivity contribution in [3.05, 3.63) is 81.1 Å². The first kappa shape index (κ1) is 23.8. The van der Waals surface area contributed by atoms with Gasteiger partial charge in [-0.2, -0.15) is 5.10 Å². The van der Waals surface area contributed by atoms with Crippen molar-refractivity contribution in [2.75, 3.05) is 5.32 Å². The Bertz CT molecular complexity index is 1520. The summed E-state index contributed by atoms with van der Waals surface area (Å²) in [5.74, 6) is 0.611. The standard InChI is InChI=1S/C27H25ClN4O4/c1-14-9-15(2)24-17(13-35-21(24)10-14)11-23(33)32-31-19-5-4-6-20-25(19)16(3)26(36-20)27(34)30-22-8-7-18(28)12-29-22/h7-10,12-13H,4-6,11H2,1-3H3,(H,32,33)(H,29,30,34)/b31-19+. The van der Waals surface area contributed by atoms with Crippen molar-refractivity contribution >= 4 is 45.9 Å². The fraction of sp³-hybridized carbons (Fsp3) is 0.259. The second kappa shape index (κ2) is 9.62. The van der Waals surface area contributed by atoms with Crippen molar-refractivity contribution in [1.29, 1.82) is 0 Å². The smallest absolute Gasteiger partial charge is 0.292 e. The third kappa shape index (κ3) is 4.64. The highest BCUT2D eigenvalue weighted by atomic mass is 35.5. The highest BCUT2D eigenvalue weighted by Gasteiger charge is 2.28. The molecule has 0 saturated heterocycles. The maximum atomic E-state index is 12.8. The van der Waals surface area contributed by atoms with E-state index in [1.54, 1.807) is 18.4 Å². The first-order chi connectivity index (χ1) is 17.3. The molecule has 36 heavy (non-hydrogen) atoms. The highest BCUT2D eigenvalue weighted by molar-refractivity contribution is 6.30. The predicted molar refractivity (Wildman–Crippen MR) is 138 cm³/mol. The van der Waals surface area contributed by atoms with E-state index in [-0.39, 0.29) is 18.1 Å². The molecule has 184 valence electrons. The zero-order valence-corrected chi connectivity index (χ0v) is 21.0. The Morgan fingerprint density at radius 2 is 2.00 bits per heavy atom. The molecule has 2 amide bonds. The molecule has 5 rings (SSSR count). The Balaban J connectivity index is 1.33. The van der Waals surface area contributed by atoms with Gasteiger partial charge in [0.25, 0.3) is 5.91 Å². The van der Waals surface area contributed by atoms with E-state index in [9.17, 15) is 9.59 Å². The van der Waals surface area contributed by atoms with Crippen LogP contribution in [0.5, 0.6) is 0 Å². The molecule has 8 nitrogen and oxygen atoms in total. The molecule has 0 saturated carbocycles. The lowest BCUT2D eigenvalue weighted by Crippen LogP contribution is -2.23. The van der Waals surface area contributed by atoms with Gasteiger partial charge in [0.2, 0.25) is 5.91 Å². The van der Waals surface area contributed by atoms with Gasteiger partial charge in [-0.3, -0.25) is 9.59 Å². The molecule has 0 radical (unpaired) electrons. The monoisotopic (exact) mass is 504 g/mol. The topological polar surface area (TPSA) is 110 Å². The van der Waals surface area contributed by atoms with Crippen molar-refractivity contribution in [1.82, 2.24) is 10.4 Å². The number of hydrazone groups is 1. The molecule has 3 aromatic heterocycles. The zero-order chi connectivity index (χ0) is 25.4. The van der Waals surface area contributed by atoms with Crippen LogP contribution in [0.15, 0.2) is 50.7 Å². The van der Waals surface area contributed by atoms with Crippen LogP contribution in [0.2, 0.25) is 5.02 Å². The normalized spacial score (nSPS) is 14.2. The summed E-state index contributed by atoms with van der Waals surface area (Å²) in [4.78, 5) is 29.7. The van der Waals surface area contributed by atoms with Gasteiger partial charge >= 0.3 is 0 Å². The molecule has 9 heteroatoms. The fourth-order valence-electron chi connectivity index (χ4n) is 4.72. The second-order valence-electron chi connectivity index (χ2n) is 9.01. The van der Waals surface area contributed by atoms with Crippen LogP contribution in [0.25, 0.3) is 11.0 Å². The largest absolute Gasteiger partial charge is 0.464 e. The number of nitrogens with zero attached hydrogens (tertiary/aromatic N) is 2. The lowest BCUT2D eigenvalue weighted by molar-refractivity contribution is -0.120. The van der Waals surface area contributed by atoms with Gasteiger partial charge in [0, 0.05) is 34.7 Å². The van der Waals surface area contributed by atoms with E-state index < -0.39 is 5.91 Å². The third-order valence-corrected chi connectivity index (χ3v) is 6.48. The lowest BCUT2D eigenvalue weighted by Gasteiger charge is -2.13. The number of hydrogen-bond donors (Lipinski definition) is 2. The van der Waals surface area contributed by atoms with Gasteiger partial charge in [-0.15, -0.1) is 0 Å². The van der Waals surface area contributed by atoms with Gasteiger partial charge in [-0.1, -0.05) is 17.7 Å². The minimum atomic E-state index is -0.405. The van der Waals surface area contributed by atoms with Crippen molar-refractivity contribution in [3.63, 3.8) is 0 Å². The molecule has 3 heterocycles. The molecule has 2 N–H and O–H groups in total. The SMILES string of the molecule is Cc1cc(C)c2c(CC(=O)N/N=C3\CCCc4oc(C(=O)Nc5ccc(Cl)cn5)c(C)c43)coc2c1. The first-order valence-corrected chi connectivity index (χ1v) is 12.1. The zero-order valence-electron chi connectivity index (χ0n) is 20.2. The molecular weight excluding hydrogens is 480 g/mol. The number of anilines is 1. The molecule has 0 fully saturated rings. The van der Waals surface area contributed by atoms with Crippen LogP contribution in [0, 0.1) is 20.8 Å². The Hall–Kier alpha value is -3.91. The molecule has 1 aliphatic carbocycles. The van der Waals surface area contributed by atoms with Crippen LogP contribution >= 0.6 is 11.6 Å². The number of carbonyl (C=O) groups is 2. The van der Waals surface area contributed by atoms with Crippen molar-refractivity contribution in [2.45, 2.75) is 46.5 Å². The van der Waals surface area contributed by atoms with Gasteiger partial charge in [0.15, 0.2) is 5.76 Å². The number of nitrogens with one attached hydrogen (secondary N) is 2. The van der Waals surface area contributed by atoms with Crippen molar-refractivity contribution < 1.29 is 18.4 Å². The van der Waals surface area contributed by atoms with Gasteiger partial charge < -0.3 is 14.2 Å². The number of benzene rings is 1. The number of pyridine rings is 1. The van der Waals surface area contributed by atoms with E-state index in [1.807, 2.05) is 26.8 Å². The molecule has 0 aliphatic heterocycles. The summed E-state index contributed by atoms with van der Waals surface area (Å²) in [6.07, 6.45) is 5.39. The summed E-state index contributed by atoms with van der Waals surface area (Å²) in [6.45, 7) is 5.84. The van der Waals surface area contributed by atoms with Crippen LogP contribution < -0.4 is 10.7 Å². The maximum absolute atomic E-state index is 12.8. The van der Waals surface area contributed by atoms with E-state index in [2.05, 4.69) is 26.9 Å². The van der Waals surface area contributed by atoms with Gasteiger partial charge in [-0.25, -0.2) is 10.4 Å². The number of hydrogen-bond acceptors (Lipinski definition) is 6. The quantitative estimate of drug-likeness (QED) is 0.341. The Morgan fingerprint density at radius 1 is 1.17 bits per heavy atom. The average Bonchev–Trinajstić information content (AvgIpc) is 3.40. The average molecular weight is 505 g/mol. The van der Waals surface area contributed by atoms with E-state index in [1.165, 1.54) is 6.20 Å². The fourth-order valence-corrected chi connectivity index (χ4v) is 4.83. The summed E-state index contributed by atoms with van der Waals surface area (Å²) in [5, 5.41) is 8.58. The molecule has 0 unspecified atom stereocenters. The van der Waals surface area contributed by atoms with Crippen LogP contribution in [-0.2, 0) is 17.6 Å². The Morgan fingerprint density at radius 3 is 2.78 bits per heavy atom. The number of fused-ring (bicyclic) bond motifs is 2. The minimum absolute atomic E-state index is 0.145. The van der Waals surface area contributed by atoms with Crippen molar-refractivity contribution in [2.24, 2.45) is 5.10 Å². The summed E-state index contributed by atoms with van der Waals surface area (Å²) >= 11 is 5.86. The number of amides is 2. The number of aryl methyl sites for hydroxylation is 3. The van der Waals surface area contributed by atoms with Gasteiger partial charge in [0.1, 0.15) is 17.2 Å². The van der Waals surface area contributed by atoms with E-state index in [4.69, 9.17) is 20.4 Å². The highest BCUT2D eigenvalue weighted by Crippen LogP contribution is 2.30. The van der Waals surface area contributed by atoms with Crippen LogP contribution in [0.1, 0.15) is 57.0 Å². The number of carbonyl (C=O) groups excluding carboxylic acids is 2. The lowest BCUT2D eigenvalue weighted by atomic mass is 9.93. The molecule has 1 aliphatic rings. The summed E-state index contributed by atoms with van der Waals surface area (Å²) in [7, 11) is 0. The van der Waals surface area contributed by atoms with Crippen molar-refractivity contribution in [3.8, 4) is 0 Å². The second-order valence-corrected chi connectivity index (χ2v) is 9.45. The molecule has 0 bridgehead atoms. The summed E-state index contributed by atoms with van der Waals surface area (Å²) < 4.78 is 11.6. The molecular formula is C27H25ClN4O4. The number of furan rings is 2. The molecule has 0 spiro atoms. The third-order valence-electron chi connectivity index (χ3n) is 6.26. The Labute approximate surface area is 212 Å². The first-order valence-electron chi connectivity index (χ1n) is 11.7. The molecule has 0 atom stereocenters. The van der Waals surface area contributed by atoms with E-state index in [0.717, 1.165) is 39.6 Å². The van der Waals surface area contributed by atoms with Crippen LogP contribution in [0.3, 0.4) is 0 Å². The number of halogens is 1. The van der Waals surface area contributed by atoms with Gasteiger partial charge in [-0.05, 0) is 62.9 Å². The summed E-state index contributed by atoms with van der Waals surface area (Å²) in [6, 6.07) is 7.30. The number of rotatable bonds is 5. The van der Waals surface area contributed by atoms with Crippen LogP contribution in [0.4, 0.5) is 5.82 Å². The van der Waals surface area contributed by atoms with Gasteiger partial charge in [0.05, 0.1) is 23.4 Å². The maximum Gasteiger partial charge on any atom is 0.292 e. The van der Waals surface area contributed by atoms with Crippen LogP contribution in [-0.4, -0.2) is 22.5 Å². The number of aromatic nitrogens is 1. The minimum Gasteiger partial charge on any atom is -0.464 e. The van der Waals surface area contributed by atoms with E-state index >= 15 is 0 Å². The summed E-state index contributed by atoms with van der Waals surface area (Å²) in [5.41, 5.74) is 8.59. The molecule has 4 aromatic rings. The molecule has 1 aromatic carbocycles. The predicted octanol–water partition coefficient (Wildman–Crippen LogP) is 5.65. The van der Waals surface area contributed by atoms with E-state index in [0.29, 0.717) is 40.7 Å². The Kier molecular flexibility index (Phi) is 6.36.